The average molecular weight is 517 g/mol. The summed E-state index contributed by atoms with van der Waals surface area (Å²) in [5, 5.41) is 2.75. The highest BCUT2D eigenvalue weighted by molar-refractivity contribution is 7.80. The van der Waals surface area contributed by atoms with Gasteiger partial charge in [0.05, 0.1) is 16.6 Å². The fraction of sp³-hybridized carbons (Fsp3) is 0.593. The Labute approximate surface area is 219 Å². The molecule has 0 saturated carbocycles. The largest absolute Gasteiger partial charge is 0.393 e. The second kappa shape index (κ2) is 10.2. The summed E-state index contributed by atoms with van der Waals surface area (Å²) in [7, 11) is 0. The molecule has 1 aromatic heterocycles. The lowest BCUT2D eigenvalue weighted by molar-refractivity contribution is -0.146. The van der Waals surface area contributed by atoms with E-state index in [2.05, 4.69) is 45.1 Å². The van der Waals surface area contributed by atoms with Crippen LogP contribution in [0.2, 0.25) is 0 Å². The zero-order valence-electron chi connectivity index (χ0n) is 22.2. The maximum atomic E-state index is 14.3. The fourth-order valence-corrected chi connectivity index (χ4v) is 5.75. The number of nitrogens with two attached hydrogens (primary N) is 1. The minimum Gasteiger partial charge on any atom is -0.393 e. The highest BCUT2D eigenvalue weighted by atomic mass is 32.1. The number of hydrogen-bond donors (Lipinski definition) is 2. The average Bonchev–Trinajstić information content (AvgIpc) is 3.37. The molecule has 1 amide bonds. The summed E-state index contributed by atoms with van der Waals surface area (Å²) in [6.45, 7) is 16.7. The fourth-order valence-electron chi connectivity index (χ4n) is 4.75. The van der Waals surface area contributed by atoms with Crippen molar-refractivity contribution < 1.29 is 9.63 Å². The van der Waals surface area contributed by atoms with Crippen LogP contribution in [-0.4, -0.2) is 32.0 Å². The van der Waals surface area contributed by atoms with Gasteiger partial charge in [0.2, 0.25) is 0 Å². The molecule has 6 nitrogen and oxygen atoms in total. The number of aromatic nitrogens is 1. The number of carbonyl (C=O) groups is 1. The zero-order valence-corrected chi connectivity index (χ0v) is 23.8. The summed E-state index contributed by atoms with van der Waals surface area (Å²) in [5.41, 5.74) is 10.2. The normalized spacial score (nSPS) is 23.2. The van der Waals surface area contributed by atoms with E-state index in [0.717, 1.165) is 5.01 Å². The molecule has 3 N–H and O–H groups in total. The highest BCUT2D eigenvalue weighted by Crippen LogP contribution is 2.49. The van der Waals surface area contributed by atoms with E-state index in [-0.39, 0.29) is 29.2 Å². The van der Waals surface area contributed by atoms with Crippen LogP contribution in [0.5, 0.6) is 0 Å². The topological polar surface area (TPSA) is 80.5 Å². The van der Waals surface area contributed by atoms with Crippen LogP contribution >= 0.6 is 23.6 Å². The molecule has 35 heavy (non-hydrogen) atoms. The molecule has 2 heterocycles. The first-order valence-electron chi connectivity index (χ1n) is 12.2. The van der Waals surface area contributed by atoms with Crippen LogP contribution in [0.3, 0.4) is 0 Å². The molecule has 0 aliphatic carbocycles. The van der Waals surface area contributed by atoms with Crippen LogP contribution < -0.4 is 11.2 Å². The number of likely N-dealkylation sites (tertiary alicyclic amines) is 1. The monoisotopic (exact) mass is 516 g/mol. The Morgan fingerprint density at radius 2 is 1.89 bits per heavy atom. The van der Waals surface area contributed by atoms with Gasteiger partial charge in [0.25, 0.3) is 5.91 Å². The number of rotatable bonds is 7. The summed E-state index contributed by atoms with van der Waals surface area (Å²) in [4.78, 5) is 27.4. The smallest absolute Gasteiger partial charge is 0.256 e. The minimum absolute atomic E-state index is 0.00101. The van der Waals surface area contributed by atoms with Crippen LogP contribution in [0.4, 0.5) is 0 Å². The molecule has 0 radical (unpaired) electrons. The number of thiocarbonyl (C=S) groups is 1. The molecule has 0 unspecified atom stereocenters. The van der Waals surface area contributed by atoms with Gasteiger partial charge in [-0.1, -0.05) is 59.0 Å². The molecule has 1 aliphatic rings. The maximum absolute atomic E-state index is 14.3. The number of carbonyl (C=O) groups excluding carboxylic acids is 1. The van der Waals surface area contributed by atoms with Gasteiger partial charge in [-0.05, 0) is 62.6 Å². The number of hydrogen-bond acceptors (Lipinski definition) is 6. The van der Waals surface area contributed by atoms with Crippen LogP contribution in [0.15, 0.2) is 35.8 Å². The second-order valence-electron chi connectivity index (χ2n) is 12.0. The first-order valence-corrected chi connectivity index (χ1v) is 13.5. The highest BCUT2D eigenvalue weighted by Gasteiger charge is 2.57. The lowest BCUT2D eigenvalue weighted by atomic mass is 9.86. The van der Waals surface area contributed by atoms with Crippen molar-refractivity contribution in [2.75, 3.05) is 0 Å². The van der Waals surface area contributed by atoms with Crippen LogP contribution in [0, 0.1) is 11.8 Å². The third-order valence-corrected chi connectivity index (χ3v) is 7.41. The number of nitrogens with zero attached hydrogens (tertiary/aromatic N) is 2. The predicted octanol–water partition coefficient (Wildman–Crippen LogP) is 5.99. The third kappa shape index (κ3) is 6.28. The van der Waals surface area contributed by atoms with Gasteiger partial charge in [-0.2, -0.15) is 5.48 Å². The van der Waals surface area contributed by atoms with E-state index in [4.69, 9.17) is 22.8 Å². The van der Waals surface area contributed by atoms with Gasteiger partial charge in [-0.15, -0.1) is 11.3 Å². The predicted molar refractivity (Wildman–Crippen MR) is 147 cm³/mol. The third-order valence-electron chi connectivity index (χ3n) is 6.26. The molecule has 3 rings (SSSR count). The van der Waals surface area contributed by atoms with E-state index in [0.29, 0.717) is 23.4 Å². The summed E-state index contributed by atoms with van der Waals surface area (Å²) in [6, 6.07) is 7.53. The lowest BCUT2D eigenvalue weighted by Crippen LogP contribution is -2.59. The number of thiazole rings is 1. The van der Waals surface area contributed by atoms with E-state index in [9.17, 15) is 4.79 Å². The van der Waals surface area contributed by atoms with Crippen molar-refractivity contribution in [1.82, 2.24) is 15.4 Å². The number of nitrogens with one attached hydrogen (secondary N) is 1. The molecular weight excluding hydrogens is 476 g/mol. The molecule has 0 spiro atoms. The molecule has 2 aromatic rings. The first-order chi connectivity index (χ1) is 16.1. The molecule has 1 saturated heterocycles. The number of benzene rings is 1. The molecular formula is C27H40N4O2S2. The van der Waals surface area contributed by atoms with Gasteiger partial charge in [-0.3, -0.25) is 9.63 Å². The van der Waals surface area contributed by atoms with Crippen molar-refractivity contribution in [2.45, 2.75) is 91.0 Å². The molecule has 1 aromatic carbocycles. The molecule has 192 valence electrons. The van der Waals surface area contributed by atoms with E-state index in [1.807, 2.05) is 55.3 Å². The summed E-state index contributed by atoms with van der Waals surface area (Å²) < 4.78 is 0. The molecule has 0 bridgehead atoms. The second-order valence-corrected chi connectivity index (χ2v) is 13.4. The first kappa shape index (κ1) is 27.7. The van der Waals surface area contributed by atoms with Gasteiger partial charge in [0.1, 0.15) is 10.7 Å². The van der Waals surface area contributed by atoms with Gasteiger partial charge in [0.15, 0.2) is 0 Å². The Morgan fingerprint density at radius 3 is 2.34 bits per heavy atom. The molecule has 8 heteroatoms. The Balaban J connectivity index is 2.16. The number of amides is 1. The van der Waals surface area contributed by atoms with Crippen LogP contribution in [0.1, 0.15) is 95.2 Å². The van der Waals surface area contributed by atoms with Crippen LogP contribution in [0.25, 0.3) is 0 Å². The summed E-state index contributed by atoms with van der Waals surface area (Å²) in [5.74, 6) is -0.0366. The van der Waals surface area contributed by atoms with E-state index >= 15 is 0 Å². The van der Waals surface area contributed by atoms with Crippen LogP contribution in [-0.2, 0) is 10.3 Å². The van der Waals surface area contributed by atoms with Crippen molar-refractivity contribution in [2.24, 2.45) is 17.6 Å². The van der Waals surface area contributed by atoms with Crippen molar-refractivity contribution >= 4 is 34.5 Å². The van der Waals surface area contributed by atoms with Crippen molar-refractivity contribution in [1.29, 1.82) is 0 Å². The van der Waals surface area contributed by atoms with Crippen molar-refractivity contribution in [3.63, 3.8) is 0 Å². The van der Waals surface area contributed by atoms with Gasteiger partial charge >= 0.3 is 0 Å². The Morgan fingerprint density at radius 1 is 1.26 bits per heavy atom. The van der Waals surface area contributed by atoms with Gasteiger partial charge < -0.3 is 10.6 Å². The molecule has 1 fully saturated rings. The van der Waals surface area contributed by atoms with Crippen molar-refractivity contribution in [3.05, 3.63) is 52.0 Å². The molecule has 1 aliphatic heterocycles. The Hall–Kier alpha value is -1.87. The van der Waals surface area contributed by atoms with Gasteiger partial charge in [0, 0.05) is 23.1 Å². The Bertz CT molecular complexity index is 1020. The molecule has 3 atom stereocenters. The maximum Gasteiger partial charge on any atom is 0.256 e. The SMILES string of the molecule is CC(C)C[C@@]1(NOC(C)(C)C)C[C@H](C(N)=S)[C@H](c2nccs2)N1C(=O)c1ccc(C(C)(C)C)cc1. The standard InChI is InChI=1S/C27H40N4O2S2/c1-17(2)15-27(30-33-26(6,7)8)16-20(22(28)34)21(23-29-13-14-35-23)31(27)24(32)18-9-11-19(12-10-18)25(3,4)5/h9-14,17,20-21,30H,15-16H2,1-8H3,(H2,28,34)/t20-,21+,27-/m0/s1. The summed E-state index contributed by atoms with van der Waals surface area (Å²) in [6.07, 6.45) is 2.99. The van der Waals surface area contributed by atoms with E-state index < -0.39 is 11.3 Å². The minimum atomic E-state index is -0.800. The van der Waals surface area contributed by atoms with E-state index in [1.54, 1.807) is 6.20 Å². The van der Waals surface area contributed by atoms with E-state index in [1.165, 1.54) is 16.9 Å². The quantitative estimate of drug-likeness (QED) is 0.347. The Kier molecular flexibility index (Phi) is 8.11. The van der Waals surface area contributed by atoms with Gasteiger partial charge in [-0.25, -0.2) is 4.98 Å². The van der Waals surface area contributed by atoms with Crippen molar-refractivity contribution in [3.8, 4) is 0 Å². The lowest BCUT2D eigenvalue weighted by Gasteiger charge is -2.43. The summed E-state index contributed by atoms with van der Waals surface area (Å²) >= 11 is 7.06. The number of hydroxylamine groups is 1. The zero-order chi connectivity index (χ0) is 26.2.